The molecule has 184 valence electrons. The number of ether oxygens (including phenoxy) is 3. The number of anilines is 1. The summed E-state index contributed by atoms with van der Waals surface area (Å²) in [7, 11) is -2.30. The van der Waals surface area contributed by atoms with Crippen molar-refractivity contribution in [2.45, 2.75) is 26.4 Å². The zero-order valence-electron chi connectivity index (χ0n) is 19.6. The van der Waals surface area contributed by atoms with Crippen LogP contribution in [-0.4, -0.2) is 64.4 Å². The van der Waals surface area contributed by atoms with Gasteiger partial charge in [0.1, 0.15) is 18.3 Å². The van der Waals surface area contributed by atoms with E-state index in [4.69, 9.17) is 14.2 Å². The highest BCUT2D eigenvalue weighted by Gasteiger charge is 2.30. The molecule has 11 heteroatoms. The molecule has 0 fully saturated rings. The number of rotatable bonds is 10. The van der Waals surface area contributed by atoms with Crippen LogP contribution >= 0.6 is 0 Å². The van der Waals surface area contributed by atoms with Gasteiger partial charge in [-0.15, -0.1) is 0 Å². The Balaban J connectivity index is 1.91. The lowest BCUT2D eigenvalue weighted by atomic mass is 10.1. The minimum atomic E-state index is -3.83. The molecule has 0 saturated heterocycles. The Labute approximate surface area is 199 Å². The molecule has 1 aliphatic heterocycles. The molecular weight excluding hydrogens is 462 g/mol. The van der Waals surface area contributed by atoms with Crippen LogP contribution in [0.15, 0.2) is 42.5 Å². The summed E-state index contributed by atoms with van der Waals surface area (Å²) in [4.78, 5) is 27.4. The molecule has 2 amide bonds. The molecule has 1 heterocycles. The molecule has 0 spiro atoms. The monoisotopic (exact) mass is 491 g/mol. The summed E-state index contributed by atoms with van der Waals surface area (Å²) in [6.45, 7) is 3.42. The summed E-state index contributed by atoms with van der Waals surface area (Å²) in [5, 5.41) is 2.71. The molecule has 0 radical (unpaired) electrons. The van der Waals surface area contributed by atoms with Gasteiger partial charge in [-0.3, -0.25) is 13.9 Å². The van der Waals surface area contributed by atoms with Crippen LogP contribution in [0, 0.1) is 0 Å². The molecule has 10 nitrogen and oxygen atoms in total. The van der Waals surface area contributed by atoms with Crippen LogP contribution in [0.3, 0.4) is 0 Å². The van der Waals surface area contributed by atoms with E-state index in [1.54, 1.807) is 50.2 Å². The number of amides is 2. The van der Waals surface area contributed by atoms with Crippen LogP contribution in [0.2, 0.25) is 0 Å². The smallest absolute Gasteiger partial charge is 0.244 e. The average Bonchev–Trinajstić information content (AvgIpc) is 3.28. The van der Waals surface area contributed by atoms with Gasteiger partial charge in [-0.25, -0.2) is 8.42 Å². The van der Waals surface area contributed by atoms with Crippen LogP contribution < -0.4 is 23.8 Å². The number of benzene rings is 2. The Bertz CT molecular complexity index is 1150. The Morgan fingerprint density at radius 2 is 1.88 bits per heavy atom. The van der Waals surface area contributed by atoms with E-state index in [1.165, 1.54) is 18.1 Å². The number of sulfonamides is 1. The fraction of sp³-hybridized carbons (Fsp3) is 0.391. The van der Waals surface area contributed by atoms with Crippen LogP contribution in [0.5, 0.6) is 17.2 Å². The fourth-order valence-corrected chi connectivity index (χ4v) is 4.37. The Kier molecular flexibility index (Phi) is 7.87. The van der Waals surface area contributed by atoms with Crippen LogP contribution in [0.4, 0.5) is 5.69 Å². The maximum Gasteiger partial charge on any atom is 0.244 e. The van der Waals surface area contributed by atoms with Crippen molar-refractivity contribution in [2.75, 3.05) is 37.6 Å². The van der Waals surface area contributed by atoms with E-state index in [0.29, 0.717) is 23.8 Å². The largest absolute Gasteiger partial charge is 0.497 e. The molecule has 1 N–H and O–H groups in total. The van der Waals surface area contributed by atoms with Crippen molar-refractivity contribution in [3.63, 3.8) is 0 Å². The number of nitrogens with zero attached hydrogens (tertiary/aromatic N) is 2. The third kappa shape index (κ3) is 5.90. The molecule has 0 aliphatic carbocycles. The Morgan fingerprint density at radius 1 is 1.15 bits per heavy atom. The second-order valence-corrected chi connectivity index (χ2v) is 9.66. The lowest BCUT2D eigenvalue weighted by molar-refractivity contribution is -0.139. The van der Waals surface area contributed by atoms with Gasteiger partial charge in [0.25, 0.3) is 0 Å². The van der Waals surface area contributed by atoms with Gasteiger partial charge in [-0.1, -0.05) is 12.1 Å². The topological polar surface area (TPSA) is 114 Å². The van der Waals surface area contributed by atoms with Gasteiger partial charge < -0.3 is 24.4 Å². The summed E-state index contributed by atoms with van der Waals surface area (Å²) in [6.07, 6.45) is 1.02. The third-order valence-electron chi connectivity index (χ3n) is 5.33. The number of nitrogens with one attached hydrogen (secondary N) is 1. The normalized spacial score (nSPS) is 13.2. The number of hydrogen-bond donors (Lipinski definition) is 1. The van der Waals surface area contributed by atoms with E-state index in [9.17, 15) is 18.0 Å². The second kappa shape index (κ2) is 10.6. The third-order valence-corrected chi connectivity index (χ3v) is 6.47. The molecular formula is C23H29N3O7S. The number of carbonyl (C=O) groups is 2. The van der Waals surface area contributed by atoms with Gasteiger partial charge in [-0.2, -0.15) is 0 Å². The summed E-state index contributed by atoms with van der Waals surface area (Å²) >= 11 is 0. The maximum atomic E-state index is 13.5. The summed E-state index contributed by atoms with van der Waals surface area (Å²) in [5.41, 5.74) is 0.991. The van der Waals surface area contributed by atoms with Gasteiger partial charge in [0.05, 0.1) is 19.1 Å². The first-order valence-corrected chi connectivity index (χ1v) is 12.6. The zero-order chi connectivity index (χ0) is 24.9. The summed E-state index contributed by atoms with van der Waals surface area (Å²) in [5.74, 6) is 0.613. The molecule has 0 unspecified atom stereocenters. The highest BCUT2D eigenvalue weighted by molar-refractivity contribution is 7.92. The van der Waals surface area contributed by atoms with Crippen LogP contribution in [0.1, 0.15) is 19.4 Å². The SMILES string of the molecule is CCNC(=O)[C@@H](C)N(Cc1cccc(OC)c1)C(=O)CN(c1ccc2c(c1)OCO2)S(C)(=O)=O. The first kappa shape index (κ1) is 25.2. The van der Waals surface area contributed by atoms with E-state index in [0.717, 1.165) is 16.1 Å². The van der Waals surface area contributed by atoms with Gasteiger partial charge >= 0.3 is 0 Å². The van der Waals surface area contributed by atoms with Crippen molar-refractivity contribution in [1.29, 1.82) is 0 Å². The van der Waals surface area contributed by atoms with Crippen molar-refractivity contribution < 1.29 is 32.2 Å². The predicted octanol–water partition coefficient (Wildman–Crippen LogP) is 1.74. The van der Waals surface area contributed by atoms with Crippen molar-refractivity contribution in [3.05, 3.63) is 48.0 Å². The molecule has 0 aromatic heterocycles. The minimum absolute atomic E-state index is 0.0367. The summed E-state index contributed by atoms with van der Waals surface area (Å²) < 4.78 is 42.1. The predicted molar refractivity (Wildman–Crippen MR) is 126 cm³/mol. The molecule has 2 aromatic rings. The maximum absolute atomic E-state index is 13.5. The van der Waals surface area contributed by atoms with Crippen LogP contribution in [0.25, 0.3) is 0 Å². The minimum Gasteiger partial charge on any atom is -0.497 e. The lowest BCUT2D eigenvalue weighted by Gasteiger charge is -2.31. The van der Waals surface area contributed by atoms with Crippen LogP contribution in [-0.2, 0) is 26.2 Å². The number of fused-ring (bicyclic) bond motifs is 1. The van der Waals surface area contributed by atoms with Crippen molar-refractivity contribution in [3.8, 4) is 17.2 Å². The van der Waals surface area contributed by atoms with Gasteiger partial charge in [0.15, 0.2) is 11.5 Å². The van der Waals surface area contributed by atoms with E-state index in [1.807, 2.05) is 0 Å². The van der Waals surface area contributed by atoms with Gasteiger partial charge in [-0.05, 0) is 43.7 Å². The average molecular weight is 492 g/mol. The molecule has 0 bridgehead atoms. The Morgan fingerprint density at radius 3 is 2.56 bits per heavy atom. The molecule has 1 atom stereocenters. The number of hydrogen-bond acceptors (Lipinski definition) is 7. The van der Waals surface area contributed by atoms with Crippen molar-refractivity contribution in [1.82, 2.24) is 10.2 Å². The molecule has 0 saturated carbocycles. The Hall–Kier alpha value is -3.47. The number of methoxy groups -OCH3 is 1. The first-order chi connectivity index (χ1) is 16.1. The molecule has 2 aromatic carbocycles. The van der Waals surface area contributed by atoms with E-state index >= 15 is 0 Å². The van der Waals surface area contributed by atoms with E-state index in [-0.39, 0.29) is 24.9 Å². The standard InChI is InChI=1S/C23H29N3O7S/c1-5-24-23(28)16(2)25(13-17-7-6-8-19(11-17)31-3)22(27)14-26(34(4,29)30)18-9-10-20-21(12-18)33-15-32-20/h6-12,16H,5,13-15H2,1-4H3,(H,24,28)/t16-/m1/s1. The first-order valence-electron chi connectivity index (χ1n) is 10.7. The zero-order valence-corrected chi connectivity index (χ0v) is 20.4. The molecule has 3 rings (SSSR count). The number of carbonyl (C=O) groups excluding carboxylic acids is 2. The summed E-state index contributed by atoms with van der Waals surface area (Å²) in [6, 6.07) is 10.9. The van der Waals surface area contributed by atoms with E-state index < -0.39 is 28.5 Å². The van der Waals surface area contributed by atoms with Gasteiger partial charge in [0, 0.05) is 19.2 Å². The highest BCUT2D eigenvalue weighted by Crippen LogP contribution is 2.36. The van der Waals surface area contributed by atoms with Crippen molar-refractivity contribution in [2.24, 2.45) is 0 Å². The number of likely N-dealkylation sites (N-methyl/N-ethyl adjacent to an activating group) is 1. The quantitative estimate of drug-likeness (QED) is 0.538. The van der Waals surface area contributed by atoms with E-state index in [2.05, 4.69) is 5.32 Å². The van der Waals surface area contributed by atoms with Crippen molar-refractivity contribution >= 4 is 27.5 Å². The van der Waals surface area contributed by atoms with Gasteiger partial charge in [0.2, 0.25) is 28.6 Å². The molecule has 34 heavy (non-hydrogen) atoms. The molecule has 1 aliphatic rings. The lowest BCUT2D eigenvalue weighted by Crippen LogP contribution is -2.51. The second-order valence-electron chi connectivity index (χ2n) is 7.75. The highest BCUT2D eigenvalue weighted by atomic mass is 32.2. The fourth-order valence-electron chi connectivity index (χ4n) is 3.53.